The maximum atomic E-state index is 12.8. The Kier molecular flexibility index (Phi) is 12.7. The molecule has 0 radical (unpaired) electrons. The summed E-state index contributed by atoms with van der Waals surface area (Å²) in [6, 6.07) is 15.9. The molecule has 0 atom stereocenters. The lowest BCUT2D eigenvalue weighted by molar-refractivity contribution is -0.135. The molecule has 0 fully saturated rings. The largest absolute Gasteiger partial charge is 0.493 e. The summed E-state index contributed by atoms with van der Waals surface area (Å²) in [6.07, 6.45) is 0. The molecule has 0 heterocycles. The summed E-state index contributed by atoms with van der Waals surface area (Å²) in [7, 11) is 1.63. The summed E-state index contributed by atoms with van der Waals surface area (Å²) in [4.78, 5) is 14.7. The van der Waals surface area contributed by atoms with Crippen LogP contribution >= 0.6 is 0 Å². The van der Waals surface area contributed by atoms with Gasteiger partial charge in [-0.1, -0.05) is 105 Å². The van der Waals surface area contributed by atoms with E-state index < -0.39 is 0 Å². The van der Waals surface area contributed by atoms with Crippen LogP contribution in [0.5, 0.6) is 11.5 Å². The van der Waals surface area contributed by atoms with Crippen LogP contribution in [0.3, 0.4) is 0 Å². The molecule has 0 bridgehead atoms. The Morgan fingerprint density at radius 1 is 0.946 bits per heavy atom. The molecule has 0 saturated heterocycles. The first-order chi connectivity index (χ1) is 17.1. The van der Waals surface area contributed by atoms with Gasteiger partial charge in [-0.25, -0.2) is 0 Å². The molecule has 206 valence electrons. The monoisotopic (exact) mass is 510 g/mol. The molecular weight excluding hydrogens is 460 g/mol. The minimum atomic E-state index is -0.0730. The SMILES string of the molecule is C=C(NCCN(Cc1ccc(OCc2ccccc2)c(OC)c1)C(=O)C(C)C)C(C)(C)C.CC(C)(C)C. The third-order valence-corrected chi connectivity index (χ3v) is 5.27. The fourth-order valence-corrected chi connectivity index (χ4v) is 3.12. The highest BCUT2D eigenvalue weighted by molar-refractivity contribution is 5.78. The standard InChI is InChI=1S/C27H38N2O3.C5H12/c1-20(2)26(30)29(16-15-28-21(3)27(4,5)6)18-23-13-14-24(25(17-23)31-7)32-19-22-11-9-8-10-12-22;1-5(2,3)4/h8-14,17,20,28H,3,15-16,18-19H2,1-2,4-7H3;1-4H3. The lowest BCUT2D eigenvalue weighted by Crippen LogP contribution is -2.39. The van der Waals surface area contributed by atoms with Crippen LogP contribution in [0.4, 0.5) is 0 Å². The number of ether oxygens (including phenoxy) is 2. The Bertz CT molecular complexity index is 964. The van der Waals surface area contributed by atoms with Crippen LogP contribution in [0.2, 0.25) is 0 Å². The minimum Gasteiger partial charge on any atom is -0.493 e. The number of carbonyl (C=O) groups is 1. The number of hydrogen-bond donors (Lipinski definition) is 1. The molecule has 5 nitrogen and oxygen atoms in total. The Labute approximate surface area is 226 Å². The predicted octanol–water partition coefficient (Wildman–Crippen LogP) is 7.46. The third-order valence-electron chi connectivity index (χ3n) is 5.27. The second-order valence-corrected chi connectivity index (χ2v) is 12.3. The van der Waals surface area contributed by atoms with Crippen molar-refractivity contribution in [2.45, 2.75) is 75.5 Å². The van der Waals surface area contributed by atoms with Gasteiger partial charge in [0.05, 0.1) is 7.11 Å². The third kappa shape index (κ3) is 13.2. The predicted molar refractivity (Wildman–Crippen MR) is 156 cm³/mol. The van der Waals surface area contributed by atoms with Gasteiger partial charge < -0.3 is 19.7 Å². The number of carbonyl (C=O) groups excluding carboxylic acids is 1. The fraction of sp³-hybridized carbons (Fsp3) is 0.531. The number of nitrogens with one attached hydrogen (secondary N) is 1. The molecule has 2 aromatic carbocycles. The molecule has 0 spiro atoms. The van der Waals surface area contributed by atoms with Crippen molar-refractivity contribution < 1.29 is 14.3 Å². The molecule has 0 aromatic heterocycles. The van der Waals surface area contributed by atoms with Crippen molar-refractivity contribution in [3.63, 3.8) is 0 Å². The normalized spacial score (nSPS) is 11.3. The maximum absolute atomic E-state index is 12.8. The van der Waals surface area contributed by atoms with E-state index in [1.165, 1.54) is 0 Å². The van der Waals surface area contributed by atoms with E-state index in [2.05, 4.69) is 60.4 Å². The lowest BCUT2D eigenvalue weighted by atomic mass is 9.93. The number of rotatable bonds is 11. The number of allylic oxidation sites excluding steroid dienone is 1. The highest BCUT2D eigenvalue weighted by Crippen LogP contribution is 2.29. The van der Waals surface area contributed by atoms with Crippen LogP contribution in [0.15, 0.2) is 60.8 Å². The number of hydrogen-bond acceptors (Lipinski definition) is 4. The van der Waals surface area contributed by atoms with E-state index in [1.54, 1.807) is 7.11 Å². The van der Waals surface area contributed by atoms with Crippen molar-refractivity contribution in [3.05, 3.63) is 71.9 Å². The summed E-state index contributed by atoms with van der Waals surface area (Å²) >= 11 is 0. The zero-order valence-electron chi connectivity index (χ0n) is 24.9. The molecule has 1 N–H and O–H groups in total. The van der Waals surface area contributed by atoms with Crippen molar-refractivity contribution in [2.75, 3.05) is 20.2 Å². The summed E-state index contributed by atoms with van der Waals surface area (Å²) in [6.45, 7) is 25.3. The van der Waals surface area contributed by atoms with E-state index in [4.69, 9.17) is 9.47 Å². The van der Waals surface area contributed by atoms with E-state index in [1.807, 2.05) is 67.3 Å². The van der Waals surface area contributed by atoms with Gasteiger partial charge in [0.25, 0.3) is 0 Å². The van der Waals surface area contributed by atoms with Gasteiger partial charge in [-0.3, -0.25) is 4.79 Å². The van der Waals surface area contributed by atoms with Crippen LogP contribution in [0, 0.1) is 16.7 Å². The molecule has 0 aliphatic carbocycles. The molecule has 37 heavy (non-hydrogen) atoms. The molecule has 0 saturated carbocycles. The number of amides is 1. The zero-order chi connectivity index (χ0) is 28.2. The van der Waals surface area contributed by atoms with Gasteiger partial charge in [0, 0.05) is 36.7 Å². The first-order valence-corrected chi connectivity index (χ1v) is 13.2. The van der Waals surface area contributed by atoms with Crippen LogP contribution in [-0.4, -0.2) is 31.0 Å². The number of benzene rings is 2. The van der Waals surface area contributed by atoms with Crippen LogP contribution in [0.1, 0.15) is 73.4 Å². The van der Waals surface area contributed by atoms with E-state index in [9.17, 15) is 4.79 Å². The highest BCUT2D eigenvalue weighted by Gasteiger charge is 2.19. The molecule has 1 amide bonds. The van der Waals surface area contributed by atoms with Gasteiger partial charge in [-0.2, -0.15) is 0 Å². The van der Waals surface area contributed by atoms with E-state index in [0.29, 0.717) is 43.2 Å². The van der Waals surface area contributed by atoms with Gasteiger partial charge in [0.2, 0.25) is 5.91 Å². The van der Waals surface area contributed by atoms with E-state index in [0.717, 1.165) is 16.8 Å². The fourth-order valence-electron chi connectivity index (χ4n) is 3.12. The van der Waals surface area contributed by atoms with Crippen molar-refractivity contribution >= 4 is 5.91 Å². The van der Waals surface area contributed by atoms with Gasteiger partial charge >= 0.3 is 0 Å². The first kappa shape index (κ1) is 32.1. The smallest absolute Gasteiger partial charge is 0.225 e. The first-order valence-electron chi connectivity index (χ1n) is 13.2. The second-order valence-electron chi connectivity index (χ2n) is 12.3. The quantitative estimate of drug-likeness (QED) is 0.341. The minimum absolute atomic E-state index is 0.0180. The van der Waals surface area contributed by atoms with Crippen molar-refractivity contribution in [1.29, 1.82) is 0 Å². The molecule has 2 rings (SSSR count). The summed E-state index contributed by atoms with van der Waals surface area (Å²) in [5.74, 6) is 1.40. The van der Waals surface area contributed by atoms with Crippen molar-refractivity contribution in [3.8, 4) is 11.5 Å². The molecule has 2 aromatic rings. The van der Waals surface area contributed by atoms with Gasteiger partial charge in [0.15, 0.2) is 11.5 Å². The van der Waals surface area contributed by atoms with Crippen LogP contribution < -0.4 is 14.8 Å². The molecule has 0 unspecified atom stereocenters. The number of nitrogens with zero attached hydrogens (tertiary/aromatic N) is 1. The summed E-state index contributed by atoms with van der Waals surface area (Å²) in [5.41, 5.74) is 3.54. The molecule has 0 aliphatic rings. The Morgan fingerprint density at radius 3 is 2.05 bits per heavy atom. The van der Waals surface area contributed by atoms with Crippen LogP contribution in [-0.2, 0) is 17.9 Å². The molecule has 0 aliphatic heterocycles. The molecular formula is C32H50N2O3. The lowest BCUT2D eigenvalue weighted by Gasteiger charge is -2.28. The van der Waals surface area contributed by atoms with Crippen molar-refractivity contribution in [1.82, 2.24) is 10.2 Å². The Balaban J connectivity index is 0.00000124. The zero-order valence-corrected chi connectivity index (χ0v) is 24.9. The topological polar surface area (TPSA) is 50.8 Å². The van der Waals surface area contributed by atoms with Gasteiger partial charge in [-0.05, 0) is 28.7 Å². The Hall–Kier alpha value is -2.95. The molecule has 5 heteroatoms. The number of methoxy groups -OCH3 is 1. The van der Waals surface area contributed by atoms with Crippen molar-refractivity contribution in [2.24, 2.45) is 16.7 Å². The Morgan fingerprint density at radius 2 is 1.54 bits per heavy atom. The highest BCUT2D eigenvalue weighted by atomic mass is 16.5. The van der Waals surface area contributed by atoms with Gasteiger partial charge in [0.1, 0.15) is 6.61 Å². The average Bonchev–Trinajstić information content (AvgIpc) is 2.80. The average molecular weight is 511 g/mol. The maximum Gasteiger partial charge on any atom is 0.225 e. The van der Waals surface area contributed by atoms with E-state index in [-0.39, 0.29) is 17.2 Å². The summed E-state index contributed by atoms with van der Waals surface area (Å²) < 4.78 is 11.5. The van der Waals surface area contributed by atoms with Gasteiger partial charge in [-0.15, -0.1) is 0 Å². The van der Waals surface area contributed by atoms with E-state index >= 15 is 0 Å². The summed E-state index contributed by atoms with van der Waals surface area (Å²) in [5, 5.41) is 3.36. The second kappa shape index (κ2) is 14.7. The van der Waals surface area contributed by atoms with Crippen LogP contribution in [0.25, 0.3) is 0 Å².